The zero-order chi connectivity index (χ0) is 19.2. The zero-order valence-electron chi connectivity index (χ0n) is 15.2. The van der Waals surface area contributed by atoms with E-state index < -0.39 is 0 Å². The number of aromatic nitrogens is 2. The maximum absolute atomic E-state index is 13.4. The summed E-state index contributed by atoms with van der Waals surface area (Å²) in [4.78, 5) is 4.41. The van der Waals surface area contributed by atoms with Crippen LogP contribution >= 0.6 is 11.8 Å². The third-order valence-corrected chi connectivity index (χ3v) is 4.81. The number of halogens is 1. The molecule has 1 heterocycles. The van der Waals surface area contributed by atoms with Crippen molar-refractivity contribution in [1.29, 1.82) is 0 Å². The second kappa shape index (κ2) is 8.77. The molecule has 0 bridgehead atoms. The lowest BCUT2D eigenvalue weighted by Gasteiger charge is -2.07. The van der Waals surface area contributed by atoms with Crippen LogP contribution in [0.2, 0.25) is 0 Å². The Balaban J connectivity index is 1.68. The van der Waals surface area contributed by atoms with Gasteiger partial charge in [-0.3, -0.25) is 0 Å². The SMILES string of the molecule is COc1ccc(-c2noc(CSCc3cc(F)ccc3OC)n2)c(OC)c1. The molecule has 0 atom stereocenters. The van der Waals surface area contributed by atoms with E-state index in [0.29, 0.717) is 46.0 Å². The lowest BCUT2D eigenvalue weighted by Crippen LogP contribution is -1.93. The van der Waals surface area contributed by atoms with Crippen LogP contribution in [-0.2, 0) is 11.5 Å². The molecule has 0 saturated carbocycles. The first-order valence-electron chi connectivity index (χ1n) is 8.09. The first-order chi connectivity index (χ1) is 13.1. The van der Waals surface area contributed by atoms with Crippen molar-refractivity contribution in [2.75, 3.05) is 21.3 Å². The Morgan fingerprint density at radius 2 is 1.78 bits per heavy atom. The number of ether oxygens (including phenoxy) is 3. The zero-order valence-corrected chi connectivity index (χ0v) is 16.0. The number of hydrogen-bond donors (Lipinski definition) is 0. The van der Waals surface area contributed by atoms with Gasteiger partial charge in [-0.05, 0) is 30.3 Å². The van der Waals surface area contributed by atoms with Gasteiger partial charge in [0, 0.05) is 17.4 Å². The topological polar surface area (TPSA) is 66.6 Å². The van der Waals surface area contributed by atoms with Crippen molar-refractivity contribution >= 4 is 11.8 Å². The molecule has 0 saturated heterocycles. The van der Waals surface area contributed by atoms with Gasteiger partial charge < -0.3 is 18.7 Å². The highest BCUT2D eigenvalue weighted by molar-refractivity contribution is 7.97. The molecule has 142 valence electrons. The van der Waals surface area contributed by atoms with Crippen LogP contribution in [-0.4, -0.2) is 31.5 Å². The van der Waals surface area contributed by atoms with Crippen molar-refractivity contribution in [2.24, 2.45) is 0 Å². The van der Waals surface area contributed by atoms with E-state index in [2.05, 4.69) is 10.1 Å². The second-order valence-corrected chi connectivity index (χ2v) is 6.51. The summed E-state index contributed by atoms with van der Waals surface area (Å²) in [6.07, 6.45) is 0. The summed E-state index contributed by atoms with van der Waals surface area (Å²) in [5.41, 5.74) is 1.49. The standard InChI is InChI=1S/C19H19FN2O4S/c1-23-14-5-6-15(17(9-14)25-3)19-21-18(26-22-19)11-27-10-12-8-13(20)4-7-16(12)24-2/h4-9H,10-11H2,1-3H3. The average Bonchev–Trinajstić information content (AvgIpc) is 3.16. The molecule has 3 aromatic rings. The largest absolute Gasteiger partial charge is 0.497 e. The number of methoxy groups -OCH3 is 3. The van der Waals surface area contributed by atoms with Crippen LogP contribution in [0.25, 0.3) is 11.4 Å². The monoisotopic (exact) mass is 390 g/mol. The van der Waals surface area contributed by atoms with Crippen molar-refractivity contribution in [2.45, 2.75) is 11.5 Å². The van der Waals surface area contributed by atoms with Gasteiger partial charge in [0.05, 0.1) is 32.6 Å². The van der Waals surface area contributed by atoms with Gasteiger partial charge in [0.15, 0.2) is 0 Å². The van der Waals surface area contributed by atoms with E-state index in [-0.39, 0.29) is 5.82 Å². The predicted octanol–water partition coefficient (Wildman–Crippen LogP) is 4.33. The molecule has 0 unspecified atom stereocenters. The molecule has 6 nitrogen and oxygen atoms in total. The maximum atomic E-state index is 13.4. The van der Waals surface area contributed by atoms with Gasteiger partial charge >= 0.3 is 0 Å². The van der Waals surface area contributed by atoms with Crippen molar-refractivity contribution in [3.05, 3.63) is 53.7 Å². The van der Waals surface area contributed by atoms with Crippen molar-refractivity contribution in [1.82, 2.24) is 10.1 Å². The Labute approximate surface area is 160 Å². The van der Waals surface area contributed by atoms with Gasteiger partial charge in [0.1, 0.15) is 23.1 Å². The van der Waals surface area contributed by atoms with E-state index in [4.69, 9.17) is 18.7 Å². The van der Waals surface area contributed by atoms with Crippen LogP contribution in [0, 0.1) is 5.82 Å². The van der Waals surface area contributed by atoms with Crippen LogP contribution in [0.4, 0.5) is 4.39 Å². The molecule has 2 aromatic carbocycles. The Bertz CT molecular complexity index is 916. The molecule has 0 aliphatic rings. The Kier molecular flexibility index (Phi) is 6.18. The first-order valence-corrected chi connectivity index (χ1v) is 9.25. The van der Waals surface area contributed by atoms with Crippen molar-refractivity contribution in [3.63, 3.8) is 0 Å². The van der Waals surface area contributed by atoms with Gasteiger partial charge in [-0.2, -0.15) is 4.98 Å². The number of thioether (sulfide) groups is 1. The van der Waals surface area contributed by atoms with E-state index >= 15 is 0 Å². The molecule has 1 aromatic heterocycles. The van der Waals surface area contributed by atoms with Crippen LogP contribution in [0.1, 0.15) is 11.5 Å². The van der Waals surface area contributed by atoms with Crippen molar-refractivity contribution in [3.8, 4) is 28.6 Å². The van der Waals surface area contributed by atoms with Gasteiger partial charge in [-0.1, -0.05) is 5.16 Å². The average molecular weight is 390 g/mol. The molecular weight excluding hydrogens is 371 g/mol. The number of rotatable bonds is 8. The van der Waals surface area contributed by atoms with Crippen LogP contribution in [0.3, 0.4) is 0 Å². The van der Waals surface area contributed by atoms with E-state index in [1.807, 2.05) is 6.07 Å². The second-order valence-electron chi connectivity index (χ2n) is 5.53. The molecule has 3 rings (SSSR count). The van der Waals surface area contributed by atoms with Gasteiger partial charge in [0.25, 0.3) is 0 Å². The number of hydrogen-bond acceptors (Lipinski definition) is 7. The van der Waals surface area contributed by atoms with Crippen LogP contribution in [0.15, 0.2) is 40.9 Å². The third-order valence-electron chi connectivity index (χ3n) is 3.84. The summed E-state index contributed by atoms with van der Waals surface area (Å²) < 4.78 is 34.6. The smallest absolute Gasteiger partial charge is 0.236 e. The Morgan fingerprint density at radius 1 is 0.963 bits per heavy atom. The highest BCUT2D eigenvalue weighted by Crippen LogP contribution is 2.32. The molecule has 0 spiro atoms. The lowest BCUT2D eigenvalue weighted by molar-refractivity contribution is 0.388. The molecule has 0 N–H and O–H groups in total. The summed E-state index contributed by atoms with van der Waals surface area (Å²) in [5, 5.41) is 4.02. The molecule has 0 fully saturated rings. The first kappa shape index (κ1) is 19.0. The number of nitrogens with zero attached hydrogens (tertiary/aromatic N) is 2. The summed E-state index contributed by atoms with van der Waals surface area (Å²) in [6.45, 7) is 0. The van der Waals surface area contributed by atoms with Gasteiger partial charge in [-0.25, -0.2) is 4.39 Å². The fraction of sp³-hybridized carbons (Fsp3) is 0.263. The maximum Gasteiger partial charge on any atom is 0.236 e. The van der Waals surface area contributed by atoms with Crippen molar-refractivity contribution < 1.29 is 23.1 Å². The molecular formula is C19H19FN2O4S. The normalized spacial score (nSPS) is 10.7. The minimum atomic E-state index is -0.293. The highest BCUT2D eigenvalue weighted by atomic mass is 32.2. The number of benzene rings is 2. The minimum absolute atomic E-state index is 0.293. The Hall–Kier alpha value is -2.74. The quantitative estimate of drug-likeness (QED) is 0.567. The van der Waals surface area contributed by atoms with Crippen LogP contribution < -0.4 is 14.2 Å². The highest BCUT2D eigenvalue weighted by Gasteiger charge is 2.15. The lowest BCUT2D eigenvalue weighted by atomic mass is 10.2. The molecule has 0 aliphatic carbocycles. The molecule has 27 heavy (non-hydrogen) atoms. The van der Waals surface area contributed by atoms with E-state index in [1.165, 1.54) is 23.9 Å². The molecule has 0 radical (unpaired) electrons. The Morgan fingerprint density at radius 3 is 2.52 bits per heavy atom. The summed E-state index contributed by atoms with van der Waals surface area (Å²) in [6, 6.07) is 9.84. The van der Waals surface area contributed by atoms with Crippen LogP contribution in [0.5, 0.6) is 17.2 Å². The molecule has 8 heteroatoms. The minimum Gasteiger partial charge on any atom is -0.497 e. The summed E-state index contributed by atoms with van der Waals surface area (Å²) in [5.74, 6) is 3.60. The summed E-state index contributed by atoms with van der Waals surface area (Å²) >= 11 is 1.53. The third kappa shape index (κ3) is 4.51. The predicted molar refractivity (Wildman–Crippen MR) is 101 cm³/mol. The van der Waals surface area contributed by atoms with Gasteiger partial charge in [-0.15, -0.1) is 11.8 Å². The van der Waals surface area contributed by atoms with Gasteiger partial charge in [0.2, 0.25) is 11.7 Å². The van der Waals surface area contributed by atoms with E-state index in [9.17, 15) is 4.39 Å². The fourth-order valence-electron chi connectivity index (χ4n) is 2.51. The van der Waals surface area contributed by atoms with E-state index in [1.54, 1.807) is 39.5 Å². The van der Waals surface area contributed by atoms with E-state index in [0.717, 1.165) is 5.56 Å². The molecule has 0 aliphatic heterocycles. The fourth-order valence-corrected chi connectivity index (χ4v) is 3.35. The molecule has 0 amide bonds. The summed E-state index contributed by atoms with van der Waals surface area (Å²) in [7, 11) is 4.72.